The summed E-state index contributed by atoms with van der Waals surface area (Å²) in [5.41, 5.74) is 0.221. The molecule has 0 saturated carbocycles. The van der Waals surface area contributed by atoms with Gasteiger partial charge < -0.3 is 5.32 Å². The van der Waals surface area contributed by atoms with Crippen LogP contribution in [0, 0.1) is 0 Å². The minimum atomic E-state index is -4.28. The van der Waals surface area contributed by atoms with Crippen molar-refractivity contribution in [2.45, 2.75) is 25.6 Å². The van der Waals surface area contributed by atoms with Gasteiger partial charge in [0, 0.05) is 17.5 Å². The predicted octanol–water partition coefficient (Wildman–Crippen LogP) is 5.31. The first-order valence-corrected chi connectivity index (χ1v) is 7.70. The van der Waals surface area contributed by atoms with Gasteiger partial charge in [-0.05, 0) is 43.2 Å². The van der Waals surface area contributed by atoms with E-state index in [0.717, 1.165) is 35.0 Å². The molecule has 2 aromatic rings. The molecule has 1 atom stereocenters. The predicted molar refractivity (Wildman–Crippen MR) is 80.9 cm³/mol. The van der Waals surface area contributed by atoms with Crippen LogP contribution in [-0.2, 0) is 12.6 Å². The summed E-state index contributed by atoms with van der Waals surface area (Å²) in [7, 11) is 0. The summed E-state index contributed by atoms with van der Waals surface area (Å²) < 4.78 is 38.2. The van der Waals surface area contributed by atoms with Gasteiger partial charge in [0.1, 0.15) is 0 Å². The number of thiophene rings is 1. The van der Waals surface area contributed by atoms with Gasteiger partial charge in [-0.1, -0.05) is 23.7 Å². The summed E-state index contributed by atoms with van der Waals surface area (Å²) in [5.74, 6) is 0. The Morgan fingerprint density at radius 1 is 1.14 bits per heavy atom. The maximum atomic E-state index is 12.5. The molecule has 2 rings (SSSR count). The molecular weight excluding hydrogens is 319 g/mol. The van der Waals surface area contributed by atoms with Crippen LogP contribution in [0.2, 0.25) is 4.34 Å². The number of rotatable bonds is 5. The molecular formula is C15H15ClF3NS. The van der Waals surface area contributed by atoms with Crippen molar-refractivity contribution in [3.63, 3.8) is 0 Å². The highest BCUT2D eigenvalue weighted by atomic mass is 35.5. The smallest absolute Gasteiger partial charge is 0.310 e. The van der Waals surface area contributed by atoms with E-state index < -0.39 is 11.7 Å². The molecule has 114 valence electrons. The van der Waals surface area contributed by atoms with Gasteiger partial charge in [0.2, 0.25) is 0 Å². The molecule has 0 aliphatic rings. The lowest BCUT2D eigenvalue weighted by molar-refractivity contribution is -0.137. The van der Waals surface area contributed by atoms with Gasteiger partial charge in [0.05, 0.1) is 9.90 Å². The molecule has 1 unspecified atom stereocenters. The number of benzene rings is 1. The largest absolute Gasteiger partial charge is 0.416 e. The van der Waals surface area contributed by atoms with Gasteiger partial charge in [0.25, 0.3) is 0 Å². The van der Waals surface area contributed by atoms with Crippen molar-refractivity contribution in [2.24, 2.45) is 0 Å². The molecule has 6 heteroatoms. The average molecular weight is 334 g/mol. The third-order valence-electron chi connectivity index (χ3n) is 3.19. The lowest BCUT2D eigenvalue weighted by Gasteiger charge is -2.15. The molecule has 1 N–H and O–H groups in total. The summed E-state index contributed by atoms with van der Waals surface area (Å²) in [6.07, 6.45) is -3.43. The van der Waals surface area contributed by atoms with E-state index >= 15 is 0 Å². The first-order valence-electron chi connectivity index (χ1n) is 6.51. The molecule has 0 radical (unpaired) electrons. The van der Waals surface area contributed by atoms with E-state index in [1.807, 2.05) is 19.1 Å². The Bertz CT molecular complexity index is 577. The third kappa shape index (κ3) is 4.73. The fraction of sp³-hybridized carbons (Fsp3) is 0.333. The first kappa shape index (κ1) is 16.3. The van der Waals surface area contributed by atoms with E-state index in [9.17, 15) is 13.2 Å². The van der Waals surface area contributed by atoms with Crippen LogP contribution in [0.4, 0.5) is 13.2 Å². The SMILES string of the molecule is CC(NCCc1ccc(Cl)s1)c1ccc(C(F)(F)F)cc1. The highest BCUT2D eigenvalue weighted by molar-refractivity contribution is 7.16. The fourth-order valence-electron chi connectivity index (χ4n) is 1.98. The number of hydrogen-bond acceptors (Lipinski definition) is 2. The average Bonchev–Trinajstić information content (AvgIpc) is 2.83. The highest BCUT2D eigenvalue weighted by Gasteiger charge is 2.30. The quantitative estimate of drug-likeness (QED) is 0.781. The molecule has 0 fully saturated rings. The molecule has 1 nitrogen and oxygen atoms in total. The zero-order chi connectivity index (χ0) is 15.5. The maximum Gasteiger partial charge on any atom is 0.416 e. The number of halogens is 4. The second kappa shape index (κ2) is 6.81. The molecule has 0 spiro atoms. The zero-order valence-electron chi connectivity index (χ0n) is 11.4. The van der Waals surface area contributed by atoms with Crippen LogP contribution >= 0.6 is 22.9 Å². The lowest BCUT2D eigenvalue weighted by atomic mass is 10.1. The summed E-state index contributed by atoms with van der Waals surface area (Å²) in [6.45, 7) is 2.68. The Hall–Kier alpha value is -1.04. The van der Waals surface area contributed by atoms with Gasteiger partial charge in [0.15, 0.2) is 0 Å². The molecule has 0 amide bonds. The lowest BCUT2D eigenvalue weighted by Crippen LogP contribution is -2.21. The second-order valence-electron chi connectivity index (χ2n) is 4.75. The van der Waals surface area contributed by atoms with Gasteiger partial charge >= 0.3 is 6.18 Å². The number of hydrogen-bond donors (Lipinski definition) is 1. The van der Waals surface area contributed by atoms with Crippen LogP contribution in [0.5, 0.6) is 0 Å². The van der Waals surface area contributed by atoms with E-state index in [1.54, 1.807) is 11.3 Å². The van der Waals surface area contributed by atoms with Crippen molar-refractivity contribution >= 4 is 22.9 Å². The van der Waals surface area contributed by atoms with Crippen molar-refractivity contribution in [1.82, 2.24) is 5.32 Å². The normalized spacial score (nSPS) is 13.4. The van der Waals surface area contributed by atoms with E-state index in [1.165, 1.54) is 17.0 Å². The van der Waals surface area contributed by atoms with Crippen LogP contribution in [0.1, 0.15) is 29.0 Å². The van der Waals surface area contributed by atoms with Gasteiger partial charge in [-0.25, -0.2) is 0 Å². The van der Waals surface area contributed by atoms with Gasteiger partial charge in [-0.3, -0.25) is 0 Å². The molecule has 1 heterocycles. The second-order valence-corrected chi connectivity index (χ2v) is 6.55. The standard InChI is InChI=1S/C15H15ClF3NS/c1-10(20-9-8-13-6-7-14(16)21-13)11-2-4-12(5-3-11)15(17,18)19/h2-7,10,20H,8-9H2,1H3. The van der Waals surface area contributed by atoms with Gasteiger partial charge in [-0.2, -0.15) is 13.2 Å². The number of nitrogens with one attached hydrogen (secondary N) is 1. The Morgan fingerprint density at radius 3 is 2.33 bits per heavy atom. The third-order valence-corrected chi connectivity index (χ3v) is 4.48. The molecule has 0 aliphatic heterocycles. The summed E-state index contributed by atoms with van der Waals surface area (Å²) >= 11 is 7.40. The topological polar surface area (TPSA) is 12.0 Å². The van der Waals surface area contributed by atoms with Crippen molar-refractivity contribution in [3.05, 3.63) is 56.7 Å². The van der Waals surface area contributed by atoms with Crippen LogP contribution in [0.25, 0.3) is 0 Å². The Morgan fingerprint density at radius 2 is 1.81 bits per heavy atom. The minimum absolute atomic E-state index is 0.00252. The molecule has 21 heavy (non-hydrogen) atoms. The molecule has 0 bridgehead atoms. The molecule has 1 aromatic carbocycles. The molecule has 0 saturated heterocycles. The van der Waals surface area contributed by atoms with E-state index in [0.29, 0.717) is 0 Å². The summed E-state index contributed by atoms with van der Waals surface area (Å²) in [4.78, 5) is 1.19. The fourth-order valence-corrected chi connectivity index (χ4v) is 3.06. The molecule has 1 aromatic heterocycles. The van der Waals surface area contributed by atoms with Crippen molar-refractivity contribution in [1.29, 1.82) is 0 Å². The van der Waals surface area contributed by atoms with Crippen molar-refractivity contribution in [3.8, 4) is 0 Å². The monoisotopic (exact) mass is 333 g/mol. The van der Waals surface area contributed by atoms with Crippen LogP contribution in [0.15, 0.2) is 36.4 Å². The van der Waals surface area contributed by atoms with E-state index in [-0.39, 0.29) is 6.04 Å². The Balaban J connectivity index is 1.87. The van der Waals surface area contributed by atoms with Gasteiger partial charge in [-0.15, -0.1) is 11.3 Å². The van der Waals surface area contributed by atoms with Crippen LogP contribution in [0.3, 0.4) is 0 Å². The Kier molecular flexibility index (Phi) is 5.30. The van der Waals surface area contributed by atoms with Crippen molar-refractivity contribution in [2.75, 3.05) is 6.54 Å². The number of alkyl halides is 3. The summed E-state index contributed by atoms with van der Waals surface area (Å²) in [6, 6.07) is 9.12. The first-order chi connectivity index (χ1) is 9.86. The van der Waals surface area contributed by atoms with E-state index in [2.05, 4.69) is 5.32 Å². The Labute approximate surface area is 130 Å². The minimum Gasteiger partial charge on any atom is -0.310 e. The maximum absolute atomic E-state index is 12.5. The highest BCUT2D eigenvalue weighted by Crippen LogP contribution is 2.29. The van der Waals surface area contributed by atoms with E-state index in [4.69, 9.17) is 11.6 Å². The van der Waals surface area contributed by atoms with Crippen molar-refractivity contribution < 1.29 is 13.2 Å². The van der Waals surface area contributed by atoms with Crippen LogP contribution < -0.4 is 5.32 Å². The van der Waals surface area contributed by atoms with Crippen LogP contribution in [-0.4, -0.2) is 6.54 Å². The zero-order valence-corrected chi connectivity index (χ0v) is 12.9. The molecule has 0 aliphatic carbocycles. The summed E-state index contributed by atoms with van der Waals surface area (Å²) in [5, 5.41) is 3.30.